The van der Waals surface area contributed by atoms with E-state index in [4.69, 9.17) is 4.74 Å². The van der Waals surface area contributed by atoms with Crippen molar-refractivity contribution >= 4 is 22.9 Å². The molecule has 26 heavy (non-hydrogen) atoms. The minimum absolute atomic E-state index is 0.0319. The first-order valence-electron chi connectivity index (χ1n) is 9.03. The lowest BCUT2D eigenvalue weighted by Gasteiger charge is -2.44. The van der Waals surface area contributed by atoms with Crippen LogP contribution in [0.5, 0.6) is 5.75 Å². The molecule has 0 amide bonds. The monoisotopic (exact) mass is 368 g/mol. The van der Waals surface area contributed by atoms with Gasteiger partial charge in [0.1, 0.15) is 11.6 Å². The zero-order valence-corrected chi connectivity index (χ0v) is 16.5. The van der Waals surface area contributed by atoms with Crippen LogP contribution in [0.3, 0.4) is 0 Å². The molecule has 0 fully saturated rings. The Morgan fingerprint density at radius 3 is 2.62 bits per heavy atom. The van der Waals surface area contributed by atoms with Gasteiger partial charge in [0.15, 0.2) is 5.78 Å². The van der Waals surface area contributed by atoms with Gasteiger partial charge >= 0.3 is 0 Å². The van der Waals surface area contributed by atoms with Gasteiger partial charge in [-0.1, -0.05) is 32.9 Å². The van der Waals surface area contributed by atoms with E-state index in [2.05, 4.69) is 43.2 Å². The second-order valence-corrected chi connectivity index (χ2v) is 8.79. The fourth-order valence-corrected chi connectivity index (χ4v) is 5.55. The molecule has 1 atom stereocenters. The zero-order chi connectivity index (χ0) is 18.5. The van der Waals surface area contributed by atoms with Crippen molar-refractivity contribution in [3.63, 3.8) is 0 Å². The Morgan fingerprint density at radius 2 is 1.96 bits per heavy atom. The number of anilines is 1. The number of hydrogen-bond donors (Lipinski definition) is 1. The molecule has 136 valence electrons. The summed E-state index contributed by atoms with van der Waals surface area (Å²) in [6, 6.07) is 8.14. The van der Waals surface area contributed by atoms with Crippen LogP contribution in [0.15, 0.2) is 41.0 Å². The molecular formula is C21H24N2O2S. The molecule has 0 saturated heterocycles. The number of ether oxygens (including phenoxy) is 1. The highest BCUT2D eigenvalue weighted by molar-refractivity contribution is 7.10. The van der Waals surface area contributed by atoms with Crippen LogP contribution in [-0.2, 0) is 10.2 Å². The summed E-state index contributed by atoms with van der Waals surface area (Å²) in [5, 5.41) is 3.48. The highest BCUT2D eigenvalue weighted by Crippen LogP contribution is 2.55. The minimum atomic E-state index is -0.434. The van der Waals surface area contributed by atoms with Gasteiger partial charge in [0.25, 0.3) is 0 Å². The number of fused-ring (bicyclic) bond motifs is 1. The summed E-state index contributed by atoms with van der Waals surface area (Å²) in [4.78, 5) is 19.0. The Labute approximate surface area is 158 Å². The lowest BCUT2D eigenvalue weighted by molar-refractivity contribution is -0.118. The molecule has 1 N–H and O–H groups in total. The molecule has 2 heterocycles. The highest BCUT2D eigenvalue weighted by Gasteiger charge is 2.50. The van der Waals surface area contributed by atoms with Gasteiger partial charge in [-0.15, -0.1) is 11.3 Å². The number of carbonyl (C=O) groups is 1. The predicted molar refractivity (Wildman–Crippen MR) is 105 cm³/mol. The van der Waals surface area contributed by atoms with Gasteiger partial charge in [-0.2, -0.15) is 0 Å². The molecule has 1 aromatic carbocycles. The fraction of sp³-hybridized carbons (Fsp3) is 0.429. The van der Waals surface area contributed by atoms with Crippen molar-refractivity contribution in [1.29, 1.82) is 0 Å². The van der Waals surface area contributed by atoms with E-state index in [9.17, 15) is 4.79 Å². The van der Waals surface area contributed by atoms with Crippen molar-refractivity contribution in [2.45, 2.75) is 45.4 Å². The van der Waals surface area contributed by atoms with Crippen molar-refractivity contribution < 1.29 is 9.53 Å². The van der Waals surface area contributed by atoms with Gasteiger partial charge in [0, 0.05) is 17.7 Å². The molecule has 4 rings (SSSR count). The van der Waals surface area contributed by atoms with E-state index in [1.54, 1.807) is 18.4 Å². The van der Waals surface area contributed by atoms with Gasteiger partial charge in [-0.3, -0.25) is 4.79 Å². The van der Waals surface area contributed by atoms with Crippen LogP contribution in [0, 0.1) is 5.41 Å². The lowest BCUT2D eigenvalue weighted by Crippen LogP contribution is -2.42. The zero-order valence-electron chi connectivity index (χ0n) is 15.7. The van der Waals surface area contributed by atoms with E-state index in [1.165, 1.54) is 0 Å². The van der Waals surface area contributed by atoms with Crippen molar-refractivity contribution in [2.24, 2.45) is 5.41 Å². The average molecular weight is 369 g/mol. The van der Waals surface area contributed by atoms with Crippen LogP contribution in [0.2, 0.25) is 0 Å². The fourth-order valence-electron chi connectivity index (χ4n) is 4.51. The Bertz CT molecular complexity index is 895. The number of hydrogen-bond acceptors (Lipinski definition) is 5. The molecule has 2 aromatic rings. The molecule has 5 heteroatoms. The van der Waals surface area contributed by atoms with Gasteiger partial charge in [-0.25, -0.2) is 4.98 Å². The standard InChI is InChI=1S/C21H24N2O2S/c1-5-21(13-6-8-14(25-4)9-7-13)17-15(10-20(2,3)11-16(17)24)23-19-18(21)26-12-22-19/h6-9,12,23H,5,10-11H2,1-4H3. The normalized spacial score (nSPS) is 23.9. The molecule has 1 aromatic heterocycles. The predicted octanol–water partition coefficient (Wildman–Crippen LogP) is 4.92. The second-order valence-electron chi connectivity index (χ2n) is 7.94. The first-order valence-corrected chi connectivity index (χ1v) is 9.91. The van der Waals surface area contributed by atoms with E-state index in [0.717, 1.165) is 46.1 Å². The number of benzene rings is 1. The SMILES string of the molecule is CCC1(c2ccc(OC)cc2)C2=C(CC(C)(C)CC2=O)Nc2ncsc21. The van der Waals surface area contributed by atoms with Crippen LogP contribution in [0.25, 0.3) is 0 Å². The lowest BCUT2D eigenvalue weighted by atomic mass is 9.62. The summed E-state index contributed by atoms with van der Waals surface area (Å²) in [6.07, 6.45) is 2.27. The molecule has 0 radical (unpaired) electrons. The van der Waals surface area contributed by atoms with Crippen LogP contribution in [-0.4, -0.2) is 17.9 Å². The molecule has 2 aliphatic rings. The number of aromatic nitrogens is 1. The number of rotatable bonds is 3. The number of ketones is 1. The number of methoxy groups -OCH3 is 1. The third-order valence-corrected chi connectivity index (χ3v) is 6.63. The van der Waals surface area contributed by atoms with Gasteiger partial charge < -0.3 is 10.1 Å². The van der Waals surface area contributed by atoms with Crippen LogP contribution in [0.1, 0.15) is 50.5 Å². The Morgan fingerprint density at radius 1 is 1.23 bits per heavy atom. The minimum Gasteiger partial charge on any atom is -0.497 e. The molecule has 1 aliphatic heterocycles. The largest absolute Gasteiger partial charge is 0.497 e. The summed E-state index contributed by atoms with van der Waals surface area (Å²) in [6.45, 7) is 6.48. The molecule has 4 nitrogen and oxygen atoms in total. The summed E-state index contributed by atoms with van der Waals surface area (Å²) in [7, 11) is 1.67. The van der Waals surface area contributed by atoms with Crippen molar-refractivity contribution in [3.8, 4) is 5.75 Å². The third-order valence-electron chi connectivity index (χ3n) is 5.64. The molecule has 0 spiro atoms. The second kappa shape index (κ2) is 5.95. The number of nitrogens with one attached hydrogen (secondary N) is 1. The maximum atomic E-state index is 13.3. The number of thiazole rings is 1. The van der Waals surface area contributed by atoms with E-state index in [-0.39, 0.29) is 11.2 Å². The average Bonchev–Trinajstić information content (AvgIpc) is 3.07. The molecule has 0 saturated carbocycles. The van der Waals surface area contributed by atoms with Gasteiger partial charge in [0.2, 0.25) is 0 Å². The summed E-state index contributed by atoms with van der Waals surface area (Å²) in [5.41, 5.74) is 4.52. The van der Waals surface area contributed by atoms with Crippen molar-refractivity contribution in [1.82, 2.24) is 4.98 Å². The summed E-state index contributed by atoms with van der Waals surface area (Å²) < 4.78 is 5.33. The molecular weight excluding hydrogens is 344 g/mol. The van der Waals surface area contributed by atoms with Crippen LogP contribution < -0.4 is 10.1 Å². The van der Waals surface area contributed by atoms with E-state index >= 15 is 0 Å². The first-order chi connectivity index (χ1) is 12.4. The number of carbonyl (C=O) groups excluding carboxylic acids is 1. The first kappa shape index (κ1) is 17.3. The van der Waals surface area contributed by atoms with Crippen LogP contribution in [0.4, 0.5) is 5.82 Å². The Kier molecular flexibility index (Phi) is 3.95. The number of Topliss-reactive ketones (excluding diaryl/α,β-unsaturated/α-hetero) is 1. The number of nitrogens with zero attached hydrogens (tertiary/aromatic N) is 1. The maximum absolute atomic E-state index is 13.3. The maximum Gasteiger partial charge on any atom is 0.162 e. The Balaban J connectivity index is 1.98. The van der Waals surface area contributed by atoms with Crippen molar-refractivity contribution in [2.75, 3.05) is 12.4 Å². The quantitative estimate of drug-likeness (QED) is 0.836. The van der Waals surface area contributed by atoms with Gasteiger partial charge in [0.05, 0.1) is 22.9 Å². The van der Waals surface area contributed by atoms with E-state index in [0.29, 0.717) is 6.42 Å². The van der Waals surface area contributed by atoms with Crippen molar-refractivity contribution in [3.05, 3.63) is 51.5 Å². The molecule has 1 aliphatic carbocycles. The highest BCUT2D eigenvalue weighted by atomic mass is 32.1. The smallest absolute Gasteiger partial charge is 0.162 e. The molecule has 1 unspecified atom stereocenters. The van der Waals surface area contributed by atoms with E-state index in [1.807, 2.05) is 17.6 Å². The van der Waals surface area contributed by atoms with E-state index < -0.39 is 5.41 Å². The van der Waals surface area contributed by atoms with Crippen LogP contribution >= 0.6 is 11.3 Å². The van der Waals surface area contributed by atoms with Gasteiger partial charge in [-0.05, 0) is 36.0 Å². The Hall–Kier alpha value is -2.14. The molecule has 0 bridgehead atoms. The summed E-state index contributed by atoms with van der Waals surface area (Å²) in [5.74, 6) is 1.97. The number of allylic oxidation sites excluding steroid dienone is 2. The third kappa shape index (κ3) is 2.41. The topological polar surface area (TPSA) is 51.2 Å². The summed E-state index contributed by atoms with van der Waals surface area (Å²) >= 11 is 1.63.